The van der Waals surface area contributed by atoms with Crippen LogP contribution in [0.15, 0.2) is 60.0 Å². The van der Waals surface area contributed by atoms with Gasteiger partial charge in [-0.15, -0.1) is 11.3 Å². The molecule has 0 saturated heterocycles. The Kier molecular flexibility index (Phi) is 7.53. The van der Waals surface area contributed by atoms with Gasteiger partial charge in [0.15, 0.2) is 11.5 Å². The minimum absolute atomic E-state index is 0.0166. The average molecular weight is 479 g/mol. The second-order valence-corrected chi connectivity index (χ2v) is 9.91. The lowest BCUT2D eigenvalue weighted by Gasteiger charge is -2.29. The van der Waals surface area contributed by atoms with Gasteiger partial charge in [0.1, 0.15) is 6.54 Å². The predicted octanol–water partition coefficient (Wildman–Crippen LogP) is 5.11. The Bertz CT molecular complexity index is 1140. The fraction of sp³-hybridized carbons (Fsp3) is 0.333. The molecule has 6 nitrogen and oxygen atoms in total. The second-order valence-electron chi connectivity index (χ2n) is 8.91. The zero-order valence-corrected chi connectivity index (χ0v) is 20.6. The molecule has 4 rings (SSSR count). The standard InChI is InChI=1S/C27H30N2O4S/c1-19(2)14-29(27(31)22-9-10-23-24(13-22)33-18-32-23)17-26(30)28(15-21-7-5-4-6-8-21)16-25-20(3)11-12-34-25/h4-13,19H,14-18H2,1-3H3. The quantitative estimate of drug-likeness (QED) is 0.429. The molecule has 1 aliphatic heterocycles. The van der Waals surface area contributed by atoms with Gasteiger partial charge in [-0.05, 0) is 53.6 Å². The topological polar surface area (TPSA) is 59.1 Å². The fourth-order valence-electron chi connectivity index (χ4n) is 3.91. The fourth-order valence-corrected chi connectivity index (χ4v) is 4.83. The molecule has 1 aromatic heterocycles. The van der Waals surface area contributed by atoms with Crippen LogP contribution in [-0.2, 0) is 17.9 Å². The van der Waals surface area contributed by atoms with Crippen molar-refractivity contribution in [2.75, 3.05) is 19.9 Å². The monoisotopic (exact) mass is 478 g/mol. The molecule has 2 aromatic carbocycles. The normalized spacial score (nSPS) is 12.1. The number of amides is 2. The SMILES string of the molecule is Cc1ccsc1CN(Cc1ccccc1)C(=O)CN(CC(C)C)C(=O)c1ccc2c(c1)OCO2. The van der Waals surface area contributed by atoms with Crippen molar-refractivity contribution in [3.8, 4) is 11.5 Å². The van der Waals surface area contributed by atoms with Crippen LogP contribution in [0.2, 0.25) is 0 Å². The van der Waals surface area contributed by atoms with E-state index in [0.717, 1.165) is 10.4 Å². The number of hydrogen-bond donors (Lipinski definition) is 0. The van der Waals surface area contributed by atoms with Crippen molar-refractivity contribution in [3.05, 3.63) is 81.5 Å². The van der Waals surface area contributed by atoms with Gasteiger partial charge in [0.25, 0.3) is 5.91 Å². The van der Waals surface area contributed by atoms with Crippen LogP contribution in [0.3, 0.4) is 0 Å². The molecule has 3 aromatic rings. The summed E-state index contributed by atoms with van der Waals surface area (Å²) in [6.45, 7) is 7.81. The largest absolute Gasteiger partial charge is 0.454 e. The van der Waals surface area contributed by atoms with Gasteiger partial charge in [0, 0.05) is 23.5 Å². The van der Waals surface area contributed by atoms with Crippen molar-refractivity contribution in [2.45, 2.75) is 33.9 Å². The molecule has 1 aliphatic rings. The first-order chi connectivity index (χ1) is 16.4. The number of carbonyl (C=O) groups excluding carboxylic acids is 2. The van der Waals surface area contributed by atoms with Crippen molar-refractivity contribution >= 4 is 23.2 Å². The van der Waals surface area contributed by atoms with Crippen LogP contribution < -0.4 is 9.47 Å². The zero-order valence-electron chi connectivity index (χ0n) is 19.8. The summed E-state index contributed by atoms with van der Waals surface area (Å²) < 4.78 is 10.8. The van der Waals surface area contributed by atoms with Gasteiger partial charge >= 0.3 is 0 Å². The lowest BCUT2D eigenvalue weighted by molar-refractivity contribution is -0.133. The maximum atomic E-state index is 13.6. The predicted molar refractivity (Wildman–Crippen MR) is 133 cm³/mol. The number of rotatable bonds is 9. The summed E-state index contributed by atoms with van der Waals surface area (Å²) in [4.78, 5) is 31.7. The van der Waals surface area contributed by atoms with Gasteiger partial charge in [-0.2, -0.15) is 0 Å². The van der Waals surface area contributed by atoms with Crippen molar-refractivity contribution in [2.24, 2.45) is 5.92 Å². The Hall–Kier alpha value is -3.32. The van der Waals surface area contributed by atoms with Crippen LogP contribution in [0.1, 0.15) is 40.2 Å². The highest BCUT2D eigenvalue weighted by Gasteiger charge is 2.25. The Labute approximate surface area is 204 Å². The third-order valence-corrected chi connectivity index (χ3v) is 6.70. The summed E-state index contributed by atoms with van der Waals surface area (Å²) >= 11 is 1.65. The molecular weight excluding hydrogens is 448 g/mol. The Morgan fingerprint density at radius 1 is 0.971 bits per heavy atom. The molecule has 0 aliphatic carbocycles. The molecule has 0 saturated carbocycles. The molecule has 0 fully saturated rings. The number of nitrogens with zero attached hydrogens (tertiary/aromatic N) is 2. The van der Waals surface area contributed by atoms with Gasteiger partial charge in [-0.1, -0.05) is 44.2 Å². The number of aryl methyl sites for hydroxylation is 1. The second kappa shape index (κ2) is 10.7. The third kappa shape index (κ3) is 5.78. The molecule has 0 spiro atoms. The summed E-state index contributed by atoms with van der Waals surface area (Å²) in [6, 6.07) is 17.2. The van der Waals surface area contributed by atoms with E-state index in [-0.39, 0.29) is 31.1 Å². The highest BCUT2D eigenvalue weighted by atomic mass is 32.1. The number of carbonyl (C=O) groups is 2. The molecule has 7 heteroatoms. The molecule has 2 amide bonds. The van der Waals surface area contributed by atoms with Crippen LogP contribution >= 0.6 is 11.3 Å². The van der Waals surface area contributed by atoms with E-state index in [1.807, 2.05) is 54.5 Å². The van der Waals surface area contributed by atoms with Gasteiger partial charge in [0.2, 0.25) is 12.7 Å². The molecule has 2 heterocycles. The van der Waals surface area contributed by atoms with Crippen molar-refractivity contribution in [1.82, 2.24) is 9.80 Å². The Morgan fingerprint density at radius 3 is 2.44 bits per heavy atom. The van der Waals surface area contributed by atoms with Gasteiger partial charge in [0.05, 0.1) is 6.54 Å². The molecule has 178 valence electrons. The molecular formula is C27H30N2O4S. The number of hydrogen-bond acceptors (Lipinski definition) is 5. The third-order valence-electron chi connectivity index (χ3n) is 5.69. The molecule has 0 bridgehead atoms. The molecule has 0 radical (unpaired) electrons. The Morgan fingerprint density at radius 2 is 1.74 bits per heavy atom. The smallest absolute Gasteiger partial charge is 0.254 e. The van der Waals surface area contributed by atoms with Crippen LogP contribution in [0.5, 0.6) is 11.5 Å². The summed E-state index contributed by atoms with van der Waals surface area (Å²) in [5.74, 6) is 1.13. The van der Waals surface area contributed by atoms with Crippen molar-refractivity contribution in [3.63, 3.8) is 0 Å². The number of fused-ring (bicyclic) bond motifs is 1. The minimum atomic E-state index is -0.188. The van der Waals surface area contributed by atoms with E-state index in [1.54, 1.807) is 34.4 Å². The number of thiophene rings is 1. The van der Waals surface area contributed by atoms with E-state index in [2.05, 4.69) is 13.0 Å². The lowest BCUT2D eigenvalue weighted by Crippen LogP contribution is -2.43. The Balaban J connectivity index is 1.55. The van der Waals surface area contributed by atoms with Gasteiger partial charge < -0.3 is 19.3 Å². The van der Waals surface area contributed by atoms with E-state index in [9.17, 15) is 9.59 Å². The highest BCUT2D eigenvalue weighted by molar-refractivity contribution is 7.10. The van der Waals surface area contributed by atoms with E-state index in [1.165, 1.54) is 5.56 Å². The van der Waals surface area contributed by atoms with E-state index < -0.39 is 0 Å². The average Bonchev–Trinajstić information content (AvgIpc) is 3.46. The first-order valence-corrected chi connectivity index (χ1v) is 12.3. The maximum Gasteiger partial charge on any atom is 0.254 e. The number of ether oxygens (including phenoxy) is 2. The highest BCUT2D eigenvalue weighted by Crippen LogP contribution is 2.33. The van der Waals surface area contributed by atoms with Crippen LogP contribution in [0.25, 0.3) is 0 Å². The van der Waals surface area contributed by atoms with Crippen molar-refractivity contribution < 1.29 is 19.1 Å². The summed E-state index contributed by atoms with van der Waals surface area (Å²) in [5, 5.41) is 2.05. The zero-order chi connectivity index (χ0) is 24.1. The first kappa shape index (κ1) is 23.8. The maximum absolute atomic E-state index is 13.6. The number of benzene rings is 2. The molecule has 34 heavy (non-hydrogen) atoms. The summed E-state index contributed by atoms with van der Waals surface area (Å²) in [7, 11) is 0. The van der Waals surface area contributed by atoms with E-state index >= 15 is 0 Å². The molecule has 0 unspecified atom stereocenters. The lowest BCUT2D eigenvalue weighted by atomic mass is 10.1. The van der Waals surface area contributed by atoms with Crippen LogP contribution in [-0.4, -0.2) is 41.5 Å². The van der Waals surface area contributed by atoms with Gasteiger partial charge in [-0.3, -0.25) is 9.59 Å². The summed E-state index contributed by atoms with van der Waals surface area (Å²) in [6.07, 6.45) is 0. The van der Waals surface area contributed by atoms with Crippen LogP contribution in [0.4, 0.5) is 0 Å². The van der Waals surface area contributed by atoms with Crippen LogP contribution in [0, 0.1) is 12.8 Å². The van der Waals surface area contributed by atoms with E-state index in [0.29, 0.717) is 36.7 Å². The summed E-state index contributed by atoms with van der Waals surface area (Å²) in [5.41, 5.74) is 2.72. The van der Waals surface area contributed by atoms with Crippen molar-refractivity contribution in [1.29, 1.82) is 0 Å². The minimum Gasteiger partial charge on any atom is -0.454 e. The molecule has 0 atom stereocenters. The van der Waals surface area contributed by atoms with Gasteiger partial charge in [-0.25, -0.2) is 0 Å². The van der Waals surface area contributed by atoms with E-state index in [4.69, 9.17) is 9.47 Å². The first-order valence-electron chi connectivity index (χ1n) is 11.4. The molecule has 0 N–H and O–H groups in total.